The van der Waals surface area contributed by atoms with Crippen LogP contribution in [0.4, 0.5) is 0 Å². The number of benzene rings is 1. The number of hydrogen-bond donors (Lipinski definition) is 2. The first-order chi connectivity index (χ1) is 14.2. The number of phenols is 1. The van der Waals surface area contributed by atoms with E-state index in [1.807, 2.05) is 20.8 Å². The molecule has 2 N–H and O–H groups in total. The molecule has 6 heteroatoms. The topological polar surface area (TPSA) is 93.1 Å². The molecule has 1 aliphatic carbocycles. The first kappa shape index (κ1) is 23.5. The lowest BCUT2D eigenvalue weighted by Gasteiger charge is -2.18. The molecule has 30 heavy (non-hydrogen) atoms. The molecular formula is C24H32O6. The fourth-order valence-corrected chi connectivity index (χ4v) is 3.30. The number of Topliss-reactive ketones (excluding diaryl/α,β-unsaturated/α-hetero) is 1. The van der Waals surface area contributed by atoms with Crippen LogP contribution in [0.3, 0.4) is 0 Å². The van der Waals surface area contributed by atoms with Gasteiger partial charge in [-0.1, -0.05) is 19.9 Å². The molecule has 0 aliphatic heterocycles. The minimum Gasteiger partial charge on any atom is -0.507 e. The van der Waals surface area contributed by atoms with Crippen molar-refractivity contribution >= 4 is 11.8 Å². The van der Waals surface area contributed by atoms with E-state index in [0.29, 0.717) is 42.9 Å². The molecule has 6 nitrogen and oxygen atoms in total. The number of carbonyl (C=O) groups is 2. The average molecular weight is 417 g/mol. The molecule has 1 aliphatic rings. The van der Waals surface area contributed by atoms with E-state index in [1.165, 1.54) is 0 Å². The fraction of sp³-hybridized carbons (Fsp3) is 0.500. The Morgan fingerprint density at radius 2 is 1.80 bits per heavy atom. The van der Waals surface area contributed by atoms with Gasteiger partial charge in [-0.25, -0.2) is 0 Å². The van der Waals surface area contributed by atoms with Crippen LogP contribution in [0.1, 0.15) is 62.4 Å². The van der Waals surface area contributed by atoms with Crippen LogP contribution in [0.25, 0.3) is 0 Å². The number of ether oxygens (including phenoxy) is 2. The van der Waals surface area contributed by atoms with Gasteiger partial charge in [0.25, 0.3) is 0 Å². The fourth-order valence-electron chi connectivity index (χ4n) is 3.30. The first-order valence-corrected chi connectivity index (χ1v) is 10.4. The van der Waals surface area contributed by atoms with E-state index in [2.05, 4.69) is 0 Å². The monoisotopic (exact) mass is 416 g/mol. The van der Waals surface area contributed by atoms with Crippen molar-refractivity contribution in [3.05, 3.63) is 46.7 Å². The summed E-state index contributed by atoms with van der Waals surface area (Å²) in [6, 6.07) is 3.36. The number of carboxylic acids is 1. The van der Waals surface area contributed by atoms with Crippen LogP contribution in [0.5, 0.6) is 11.5 Å². The predicted molar refractivity (Wildman–Crippen MR) is 115 cm³/mol. The van der Waals surface area contributed by atoms with Gasteiger partial charge in [-0.05, 0) is 62.8 Å². The lowest BCUT2D eigenvalue weighted by Crippen LogP contribution is -2.15. The highest BCUT2D eigenvalue weighted by atomic mass is 16.5. The Hall–Kier alpha value is -2.76. The second-order valence-electron chi connectivity index (χ2n) is 8.16. The Morgan fingerprint density at radius 1 is 1.13 bits per heavy atom. The lowest BCUT2D eigenvalue weighted by molar-refractivity contribution is -0.140. The summed E-state index contributed by atoms with van der Waals surface area (Å²) >= 11 is 0. The molecule has 1 atom stereocenters. The summed E-state index contributed by atoms with van der Waals surface area (Å²) in [7, 11) is 0. The summed E-state index contributed by atoms with van der Waals surface area (Å²) in [5, 5.41) is 19.4. The van der Waals surface area contributed by atoms with E-state index >= 15 is 0 Å². The van der Waals surface area contributed by atoms with Crippen LogP contribution in [-0.2, 0) is 9.53 Å². The molecule has 0 aromatic heterocycles. The van der Waals surface area contributed by atoms with Gasteiger partial charge in [-0.3, -0.25) is 9.59 Å². The number of hydrogen-bond acceptors (Lipinski definition) is 5. The predicted octanol–water partition coefficient (Wildman–Crippen LogP) is 5.04. The van der Waals surface area contributed by atoms with Gasteiger partial charge in [0.1, 0.15) is 17.3 Å². The number of ketones is 1. The number of unbranched alkanes of at least 4 members (excludes halogenated alkanes) is 1. The highest BCUT2D eigenvalue weighted by Crippen LogP contribution is 2.32. The van der Waals surface area contributed by atoms with E-state index in [1.54, 1.807) is 31.2 Å². The van der Waals surface area contributed by atoms with Gasteiger partial charge in [-0.15, -0.1) is 0 Å². The molecule has 1 aromatic carbocycles. The maximum Gasteiger partial charge on any atom is 0.310 e. The van der Waals surface area contributed by atoms with Crippen LogP contribution in [0.15, 0.2) is 35.6 Å². The summed E-state index contributed by atoms with van der Waals surface area (Å²) in [5.41, 5.74) is 1.86. The van der Waals surface area contributed by atoms with Crippen LogP contribution in [-0.4, -0.2) is 35.2 Å². The molecule has 0 fully saturated rings. The lowest BCUT2D eigenvalue weighted by atomic mass is 9.94. The minimum atomic E-state index is -0.819. The Bertz CT molecular complexity index is 834. The third-order valence-electron chi connectivity index (χ3n) is 5.07. The summed E-state index contributed by atoms with van der Waals surface area (Å²) in [4.78, 5) is 23.3. The SMILES string of the molecule is CC1=C(OCCCCOc2ccc(C(=O)CC(C)C)c(O)c2C)C=CC(C(=O)O)C1. The van der Waals surface area contributed by atoms with Gasteiger partial charge in [0.15, 0.2) is 5.78 Å². The van der Waals surface area contributed by atoms with Gasteiger partial charge in [0.2, 0.25) is 0 Å². The summed E-state index contributed by atoms with van der Waals surface area (Å²) in [5.74, 6) is 0.187. The number of aliphatic carboxylic acids is 1. The Morgan fingerprint density at radius 3 is 2.40 bits per heavy atom. The highest BCUT2D eigenvalue weighted by molar-refractivity contribution is 5.99. The average Bonchev–Trinajstić information content (AvgIpc) is 2.67. The second-order valence-corrected chi connectivity index (χ2v) is 8.16. The van der Waals surface area contributed by atoms with Crippen LogP contribution >= 0.6 is 0 Å². The van der Waals surface area contributed by atoms with Gasteiger partial charge in [-0.2, -0.15) is 0 Å². The third kappa shape index (κ3) is 6.37. The van der Waals surface area contributed by atoms with Crippen molar-refractivity contribution in [1.82, 2.24) is 0 Å². The normalized spacial score (nSPS) is 16.1. The molecule has 0 bridgehead atoms. The number of carbonyl (C=O) groups excluding carboxylic acids is 1. The third-order valence-corrected chi connectivity index (χ3v) is 5.07. The quantitative estimate of drug-likeness (QED) is 0.388. The first-order valence-electron chi connectivity index (χ1n) is 10.4. The van der Waals surface area contributed by atoms with Gasteiger partial charge in [0.05, 0.1) is 24.7 Å². The van der Waals surface area contributed by atoms with Crippen molar-refractivity contribution in [2.24, 2.45) is 11.8 Å². The van der Waals surface area contributed by atoms with Crippen molar-refractivity contribution in [2.45, 2.75) is 53.4 Å². The van der Waals surface area contributed by atoms with Crippen LogP contribution in [0, 0.1) is 18.8 Å². The Labute approximate surface area is 178 Å². The number of aromatic hydroxyl groups is 1. The van der Waals surface area contributed by atoms with Gasteiger partial charge < -0.3 is 19.7 Å². The molecule has 164 valence electrons. The maximum absolute atomic E-state index is 12.2. The number of allylic oxidation sites excluding steroid dienone is 2. The standard InChI is InChI=1S/C24H32O6/c1-15(2)13-20(25)19-8-10-22(17(4)23(19)26)30-12-6-5-11-29-21-9-7-18(24(27)28)14-16(21)3/h7-10,15,18,26H,5-6,11-14H2,1-4H3,(H,27,28). The van der Waals surface area contributed by atoms with E-state index in [-0.39, 0.29) is 17.5 Å². The zero-order valence-electron chi connectivity index (χ0n) is 18.2. The largest absolute Gasteiger partial charge is 0.507 e. The molecular weight excluding hydrogens is 384 g/mol. The molecule has 1 unspecified atom stereocenters. The molecule has 0 saturated heterocycles. The smallest absolute Gasteiger partial charge is 0.310 e. The van der Waals surface area contributed by atoms with Gasteiger partial charge in [0, 0.05) is 12.0 Å². The Kier molecular flexibility index (Phi) is 8.51. The molecule has 2 rings (SSSR count). The van der Waals surface area contributed by atoms with E-state index in [4.69, 9.17) is 14.6 Å². The molecule has 0 amide bonds. The number of phenolic OH excluding ortho intramolecular Hbond substituents is 1. The molecule has 0 heterocycles. The van der Waals surface area contributed by atoms with Crippen molar-refractivity contribution < 1.29 is 29.3 Å². The van der Waals surface area contributed by atoms with Gasteiger partial charge >= 0.3 is 5.97 Å². The van der Waals surface area contributed by atoms with E-state index < -0.39 is 11.9 Å². The minimum absolute atomic E-state index is 0.00681. The van der Waals surface area contributed by atoms with Crippen molar-refractivity contribution in [2.75, 3.05) is 13.2 Å². The molecule has 0 spiro atoms. The zero-order valence-corrected chi connectivity index (χ0v) is 18.2. The number of carboxylic acid groups (broad SMARTS) is 1. The highest BCUT2D eigenvalue weighted by Gasteiger charge is 2.20. The summed E-state index contributed by atoms with van der Waals surface area (Å²) in [6.45, 7) is 8.57. The van der Waals surface area contributed by atoms with Crippen molar-refractivity contribution in [3.8, 4) is 11.5 Å². The summed E-state index contributed by atoms with van der Waals surface area (Å²) < 4.78 is 11.5. The van der Waals surface area contributed by atoms with E-state index in [0.717, 1.165) is 24.2 Å². The number of rotatable bonds is 11. The summed E-state index contributed by atoms with van der Waals surface area (Å²) in [6.07, 6.45) is 5.82. The maximum atomic E-state index is 12.2. The zero-order chi connectivity index (χ0) is 22.3. The molecule has 0 radical (unpaired) electrons. The molecule has 0 saturated carbocycles. The van der Waals surface area contributed by atoms with Crippen LogP contribution in [0.2, 0.25) is 0 Å². The van der Waals surface area contributed by atoms with Crippen LogP contribution < -0.4 is 4.74 Å². The van der Waals surface area contributed by atoms with E-state index in [9.17, 15) is 14.7 Å². The Balaban J connectivity index is 1.77. The van der Waals surface area contributed by atoms with Crippen molar-refractivity contribution in [1.29, 1.82) is 0 Å². The van der Waals surface area contributed by atoms with Crippen molar-refractivity contribution in [3.63, 3.8) is 0 Å². The second kappa shape index (κ2) is 10.9. The molecule has 1 aromatic rings.